The Labute approximate surface area is 139 Å². The number of carbonyl (C=O) groups excluding carboxylic acids is 1. The summed E-state index contributed by atoms with van der Waals surface area (Å²) in [6.07, 6.45) is 6.60. The van der Waals surface area contributed by atoms with Gasteiger partial charge < -0.3 is 5.73 Å². The zero-order valence-electron chi connectivity index (χ0n) is 13.1. The highest BCUT2D eigenvalue weighted by molar-refractivity contribution is 6.02. The van der Waals surface area contributed by atoms with E-state index < -0.39 is 5.91 Å². The third-order valence-corrected chi connectivity index (χ3v) is 4.31. The molecule has 1 aliphatic rings. The number of amides is 1. The second-order valence-electron chi connectivity index (χ2n) is 6.09. The first kappa shape index (κ1) is 14.6. The zero-order chi connectivity index (χ0) is 16.5. The lowest BCUT2D eigenvalue weighted by atomic mass is 9.92. The number of benzene rings is 1. The summed E-state index contributed by atoms with van der Waals surface area (Å²) in [6.45, 7) is 0. The van der Waals surface area contributed by atoms with Crippen LogP contribution in [0, 0.1) is 5.92 Å². The number of rotatable bonds is 5. The van der Waals surface area contributed by atoms with Gasteiger partial charge in [-0.3, -0.25) is 14.9 Å². The van der Waals surface area contributed by atoms with Crippen LogP contribution in [-0.2, 0) is 6.42 Å². The summed E-state index contributed by atoms with van der Waals surface area (Å²) >= 11 is 0. The van der Waals surface area contributed by atoms with Crippen LogP contribution in [0.1, 0.15) is 28.9 Å². The molecular formula is C18H17N5O. The third kappa shape index (κ3) is 2.67. The third-order valence-electron chi connectivity index (χ3n) is 4.31. The molecule has 1 aliphatic carbocycles. The van der Waals surface area contributed by atoms with Crippen molar-refractivity contribution in [3.63, 3.8) is 0 Å². The van der Waals surface area contributed by atoms with Crippen LogP contribution in [0.3, 0.4) is 0 Å². The minimum Gasteiger partial charge on any atom is -0.364 e. The maximum Gasteiger partial charge on any atom is 0.267 e. The average Bonchev–Trinajstić information content (AvgIpc) is 3.25. The summed E-state index contributed by atoms with van der Waals surface area (Å²) < 4.78 is 0. The van der Waals surface area contributed by atoms with Crippen molar-refractivity contribution < 1.29 is 4.79 Å². The molecule has 120 valence electrons. The van der Waals surface area contributed by atoms with Gasteiger partial charge in [-0.2, -0.15) is 5.10 Å². The van der Waals surface area contributed by atoms with Crippen molar-refractivity contribution in [2.75, 3.05) is 0 Å². The topological polar surface area (TPSA) is 97.6 Å². The van der Waals surface area contributed by atoms with E-state index in [4.69, 9.17) is 5.73 Å². The van der Waals surface area contributed by atoms with E-state index in [1.165, 1.54) is 19.2 Å². The number of pyridine rings is 1. The Hall–Kier alpha value is -3.02. The Morgan fingerprint density at radius 1 is 1.17 bits per heavy atom. The molecule has 0 radical (unpaired) electrons. The standard InChI is InChI=1S/C18H17N5O/c19-17(24)16-14(12-4-2-1-3-5-12)15(18-21-10-22-23-18)13(9-20-16)8-11-6-7-11/h1-5,9-11H,6-8H2,(H2,19,24)(H,21,22,23). The number of carbonyl (C=O) groups is 1. The molecule has 24 heavy (non-hydrogen) atoms. The number of primary amides is 1. The van der Waals surface area contributed by atoms with Gasteiger partial charge in [-0.05, 0) is 36.3 Å². The molecule has 0 aliphatic heterocycles. The van der Waals surface area contributed by atoms with Crippen LogP contribution in [-0.4, -0.2) is 26.1 Å². The summed E-state index contributed by atoms with van der Waals surface area (Å²) in [5.74, 6) is 0.763. The molecule has 1 fully saturated rings. The van der Waals surface area contributed by atoms with E-state index >= 15 is 0 Å². The number of aromatic amines is 1. The van der Waals surface area contributed by atoms with Gasteiger partial charge in [-0.25, -0.2) is 4.98 Å². The van der Waals surface area contributed by atoms with Gasteiger partial charge in [0.15, 0.2) is 5.82 Å². The first-order valence-corrected chi connectivity index (χ1v) is 7.97. The van der Waals surface area contributed by atoms with E-state index in [1.807, 2.05) is 30.3 Å². The molecule has 4 rings (SSSR count). The second kappa shape index (κ2) is 5.88. The Morgan fingerprint density at radius 3 is 2.58 bits per heavy atom. The van der Waals surface area contributed by atoms with Gasteiger partial charge in [0.05, 0.1) is 0 Å². The van der Waals surface area contributed by atoms with Crippen molar-refractivity contribution in [2.24, 2.45) is 11.7 Å². The molecule has 0 bridgehead atoms. The first-order chi connectivity index (χ1) is 11.7. The highest BCUT2D eigenvalue weighted by atomic mass is 16.1. The fourth-order valence-corrected chi connectivity index (χ4v) is 3.01. The molecular weight excluding hydrogens is 302 g/mol. The summed E-state index contributed by atoms with van der Waals surface area (Å²) in [5.41, 5.74) is 9.40. The molecule has 1 aromatic carbocycles. The predicted molar refractivity (Wildman–Crippen MR) is 90.0 cm³/mol. The Morgan fingerprint density at radius 2 is 1.96 bits per heavy atom. The molecule has 6 heteroatoms. The van der Waals surface area contributed by atoms with E-state index in [-0.39, 0.29) is 5.69 Å². The summed E-state index contributed by atoms with van der Waals surface area (Å²) in [7, 11) is 0. The average molecular weight is 319 g/mol. The fourth-order valence-electron chi connectivity index (χ4n) is 3.01. The van der Waals surface area contributed by atoms with Crippen molar-refractivity contribution in [3.8, 4) is 22.5 Å². The lowest BCUT2D eigenvalue weighted by Crippen LogP contribution is -2.16. The van der Waals surface area contributed by atoms with Crippen molar-refractivity contribution in [1.29, 1.82) is 0 Å². The van der Waals surface area contributed by atoms with Gasteiger partial charge in [0.25, 0.3) is 5.91 Å². The number of H-pyrrole nitrogens is 1. The minimum absolute atomic E-state index is 0.257. The van der Waals surface area contributed by atoms with Gasteiger partial charge in [-0.15, -0.1) is 0 Å². The van der Waals surface area contributed by atoms with Crippen LogP contribution in [0.2, 0.25) is 0 Å². The Kier molecular flexibility index (Phi) is 3.57. The van der Waals surface area contributed by atoms with Crippen molar-refractivity contribution in [3.05, 3.63) is 54.1 Å². The zero-order valence-corrected chi connectivity index (χ0v) is 13.1. The van der Waals surface area contributed by atoms with E-state index in [0.29, 0.717) is 11.7 Å². The number of aromatic nitrogens is 4. The molecule has 0 saturated heterocycles. The minimum atomic E-state index is -0.549. The van der Waals surface area contributed by atoms with Crippen LogP contribution in [0.15, 0.2) is 42.9 Å². The van der Waals surface area contributed by atoms with Gasteiger partial charge >= 0.3 is 0 Å². The molecule has 2 heterocycles. The highest BCUT2D eigenvalue weighted by Crippen LogP contribution is 2.39. The van der Waals surface area contributed by atoms with Crippen molar-refractivity contribution in [1.82, 2.24) is 20.2 Å². The van der Waals surface area contributed by atoms with E-state index in [1.54, 1.807) is 6.20 Å². The smallest absolute Gasteiger partial charge is 0.267 e. The quantitative estimate of drug-likeness (QED) is 0.755. The van der Waals surface area contributed by atoms with Crippen LogP contribution < -0.4 is 5.73 Å². The van der Waals surface area contributed by atoms with Gasteiger partial charge in [0, 0.05) is 17.3 Å². The molecule has 3 N–H and O–H groups in total. The maximum atomic E-state index is 12.0. The van der Waals surface area contributed by atoms with Gasteiger partial charge in [-0.1, -0.05) is 30.3 Å². The van der Waals surface area contributed by atoms with Crippen LogP contribution in [0.25, 0.3) is 22.5 Å². The molecule has 1 amide bonds. The molecule has 0 atom stereocenters. The number of nitrogens with two attached hydrogens (primary N) is 1. The molecule has 1 saturated carbocycles. The Balaban J connectivity index is 2.00. The van der Waals surface area contributed by atoms with E-state index in [9.17, 15) is 4.79 Å². The van der Waals surface area contributed by atoms with Crippen LogP contribution >= 0.6 is 0 Å². The van der Waals surface area contributed by atoms with E-state index in [2.05, 4.69) is 20.2 Å². The lowest BCUT2D eigenvalue weighted by molar-refractivity contribution is 0.0996. The first-order valence-electron chi connectivity index (χ1n) is 7.97. The second-order valence-corrected chi connectivity index (χ2v) is 6.09. The summed E-state index contributed by atoms with van der Waals surface area (Å²) in [5, 5.41) is 6.89. The largest absolute Gasteiger partial charge is 0.364 e. The molecule has 2 aromatic heterocycles. The fraction of sp³-hybridized carbons (Fsp3) is 0.222. The summed E-state index contributed by atoms with van der Waals surface area (Å²) in [4.78, 5) is 20.7. The monoisotopic (exact) mass is 319 g/mol. The summed E-state index contributed by atoms with van der Waals surface area (Å²) in [6, 6.07) is 9.69. The SMILES string of the molecule is NC(=O)c1ncc(CC2CC2)c(-c2ncn[nH]2)c1-c1ccccc1. The van der Waals surface area contributed by atoms with Crippen molar-refractivity contribution in [2.45, 2.75) is 19.3 Å². The highest BCUT2D eigenvalue weighted by Gasteiger charge is 2.27. The molecule has 0 spiro atoms. The van der Waals surface area contributed by atoms with E-state index in [0.717, 1.165) is 28.7 Å². The molecule has 0 unspecified atom stereocenters. The number of hydrogen-bond acceptors (Lipinski definition) is 4. The molecule has 6 nitrogen and oxygen atoms in total. The van der Waals surface area contributed by atoms with Gasteiger partial charge in [0.1, 0.15) is 12.0 Å². The van der Waals surface area contributed by atoms with Crippen LogP contribution in [0.5, 0.6) is 0 Å². The van der Waals surface area contributed by atoms with Crippen LogP contribution in [0.4, 0.5) is 0 Å². The number of hydrogen-bond donors (Lipinski definition) is 2. The van der Waals surface area contributed by atoms with Crippen molar-refractivity contribution >= 4 is 5.91 Å². The Bertz CT molecular complexity index is 870. The normalized spacial score (nSPS) is 13.8. The lowest BCUT2D eigenvalue weighted by Gasteiger charge is -2.15. The maximum absolute atomic E-state index is 12.0. The van der Waals surface area contributed by atoms with Gasteiger partial charge in [0.2, 0.25) is 0 Å². The number of nitrogens with zero attached hydrogens (tertiary/aromatic N) is 3. The predicted octanol–water partition coefficient (Wildman–Crippen LogP) is 2.59. The number of nitrogens with one attached hydrogen (secondary N) is 1. The molecule has 3 aromatic rings.